The maximum Gasteiger partial charge on any atom is 0.407 e. The highest BCUT2D eigenvalue weighted by Crippen LogP contribution is 2.36. The van der Waals surface area contributed by atoms with Gasteiger partial charge < -0.3 is 39.9 Å². The van der Waals surface area contributed by atoms with Gasteiger partial charge in [0, 0.05) is 18.7 Å². The van der Waals surface area contributed by atoms with Gasteiger partial charge in [0.2, 0.25) is 11.8 Å². The summed E-state index contributed by atoms with van der Waals surface area (Å²) in [4.78, 5) is 68.9. The molecular formula is C50H69N8O6P. The fourth-order valence-corrected chi connectivity index (χ4v) is 7.97. The third-order valence-electron chi connectivity index (χ3n) is 9.95. The Morgan fingerprint density at radius 1 is 0.800 bits per heavy atom. The molecule has 15 heteroatoms. The number of aromatic amines is 2. The molecule has 0 bridgehead atoms. The molecule has 0 radical (unpaired) electrons. The zero-order valence-electron chi connectivity index (χ0n) is 39.5. The van der Waals surface area contributed by atoms with Crippen LogP contribution in [0.25, 0.3) is 44.2 Å². The molecular weight excluding hydrogens is 840 g/mol. The largest absolute Gasteiger partial charge is 0.453 e. The van der Waals surface area contributed by atoms with Gasteiger partial charge in [-0.15, -0.1) is 34.3 Å². The highest BCUT2D eigenvalue weighted by atomic mass is 31.1. The first-order valence-corrected chi connectivity index (χ1v) is 23.6. The van der Waals surface area contributed by atoms with Crippen LogP contribution in [0.5, 0.6) is 0 Å². The van der Waals surface area contributed by atoms with E-state index in [0.717, 1.165) is 84.3 Å². The third-order valence-corrected chi connectivity index (χ3v) is 11.6. The number of carbonyl (C=O) groups excluding carboxylic acids is 4. The number of nitrogens with one attached hydrogen (secondary N) is 4. The fraction of sp³-hybridized carbons (Fsp3) is 0.440. The van der Waals surface area contributed by atoms with Crippen LogP contribution in [0.3, 0.4) is 0 Å². The number of alkyl carbamates (subject to hydrolysis) is 2. The molecule has 4 heterocycles. The number of hydrogen-bond donors (Lipinski definition) is 4. The van der Waals surface area contributed by atoms with Gasteiger partial charge in [-0.1, -0.05) is 84.7 Å². The minimum Gasteiger partial charge on any atom is -0.453 e. The van der Waals surface area contributed by atoms with Crippen LogP contribution < -0.4 is 10.6 Å². The Bertz CT molecular complexity index is 2270. The predicted octanol–water partition coefficient (Wildman–Crippen LogP) is 9.68. The second-order valence-electron chi connectivity index (χ2n) is 14.8. The van der Waals surface area contributed by atoms with Crippen LogP contribution >= 0.6 is 8.58 Å². The molecule has 3 unspecified atom stereocenters. The lowest BCUT2D eigenvalue weighted by Crippen LogP contribution is -2.44. The van der Waals surface area contributed by atoms with E-state index < -0.39 is 12.2 Å². The Hall–Kier alpha value is -6.37. The Morgan fingerprint density at radius 2 is 1.37 bits per heavy atom. The Kier molecular flexibility index (Phi) is 25.2. The van der Waals surface area contributed by atoms with Crippen LogP contribution in [0.15, 0.2) is 60.8 Å². The van der Waals surface area contributed by atoms with E-state index in [1.165, 1.54) is 33.2 Å². The molecule has 0 saturated carbocycles. The number of hydrogen-bond acceptors (Lipinski definition) is 8. The Morgan fingerprint density at radius 3 is 1.97 bits per heavy atom. The highest BCUT2D eigenvalue weighted by Gasteiger charge is 2.30. The normalized spacial score (nSPS) is 14.9. The molecule has 2 saturated heterocycles. The van der Waals surface area contributed by atoms with Crippen molar-refractivity contribution in [2.45, 2.75) is 98.3 Å². The first-order valence-electron chi connectivity index (χ1n) is 22.3. The zero-order chi connectivity index (χ0) is 48.3. The van der Waals surface area contributed by atoms with Crippen molar-refractivity contribution in [1.82, 2.24) is 40.4 Å². The number of benzene rings is 3. The van der Waals surface area contributed by atoms with Crippen LogP contribution in [0.2, 0.25) is 0 Å². The lowest BCUT2D eigenvalue weighted by atomic mass is 9.99. The van der Waals surface area contributed by atoms with Crippen molar-refractivity contribution in [1.29, 1.82) is 0 Å². The standard InChI is InChI=1S/C38H43N8O6P.2C3H8.C2H6.2C2H2/c1-51-37(49)40-19-34(47)45(21-28-12-14-53-28)22-33-39-18-31(42-33)27-9-8-23-15-24(6-7-25(23)16-27)26-10-11-29-30(17-26)44-36(43-29)32-5-3-4-13-46(32)35(48)20-41-38(50)52-2;2*1-3-2;3*1-2/h6-11,15-18,28,32,53H,3-5,12-14,19-22H2,1-2H3,(H,39,42)(H,40,49)(H,41,50)(H,43,44);2*3H2,1-2H3;1-2H3;2*1-2H. The molecule has 2 aromatic heterocycles. The van der Waals surface area contributed by atoms with Crippen LogP contribution in [0, 0.1) is 25.7 Å². The van der Waals surface area contributed by atoms with Crippen molar-refractivity contribution >= 4 is 54.4 Å². The van der Waals surface area contributed by atoms with Crippen LogP contribution in [0.4, 0.5) is 9.59 Å². The number of H-pyrrole nitrogens is 2. The summed E-state index contributed by atoms with van der Waals surface area (Å²) < 4.78 is 9.23. The number of fused-ring (bicyclic) bond motifs is 2. The van der Waals surface area contributed by atoms with Crippen LogP contribution in [-0.2, 0) is 25.6 Å². The van der Waals surface area contributed by atoms with Gasteiger partial charge in [-0.05, 0) is 83.7 Å². The third kappa shape index (κ3) is 16.3. The maximum absolute atomic E-state index is 13.0. The van der Waals surface area contributed by atoms with Crippen molar-refractivity contribution < 1.29 is 28.7 Å². The quantitative estimate of drug-likeness (QED) is 0.0749. The smallest absolute Gasteiger partial charge is 0.407 e. The molecule has 4 N–H and O–H groups in total. The SMILES string of the molecule is C#C.C#C.CC.CCC.CCC.COC(=O)NCC(=O)N(Cc1ncc(-c2ccc3cc(-c4ccc5nc(C6CCCCN6C(=O)CNC(=O)OC)[nH]c5c4)ccc3c2)[nH]1)CC1CCP1. The molecule has 350 valence electrons. The average molecular weight is 909 g/mol. The van der Waals surface area contributed by atoms with Gasteiger partial charge in [0.1, 0.15) is 24.7 Å². The molecule has 4 amide bonds. The number of rotatable bonds is 11. The topological polar surface area (TPSA) is 175 Å². The molecule has 2 aliphatic heterocycles. The van der Waals surface area contributed by atoms with E-state index >= 15 is 0 Å². The highest BCUT2D eigenvalue weighted by molar-refractivity contribution is 7.40. The van der Waals surface area contributed by atoms with Crippen molar-refractivity contribution in [3.8, 4) is 48.1 Å². The summed E-state index contributed by atoms with van der Waals surface area (Å²) in [6.07, 6.45) is 24.0. The number of likely N-dealkylation sites (tertiary alicyclic amines) is 1. The number of methoxy groups -OCH3 is 2. The molecule has 65 heavy (non-hydrogen) atoms. The summed E-state index contributed by atoms with van der Waals surface area (Å²) in [5, 5.41) is 7.15. The Balaban J connectivity index is 0.00000111. The minimum absolute atomic E-state index is 0.125. The van der Waals surface area contributed by atoms with Crippen molar-refractivity contribution in [3.05, 3.63) is 72.4 Å². The lowest BCUT2D eigenvalue weighted by Gasteiger charge is -2.34. The first kappa shape index (κ1) is 54.8. The van der Waals surface area contributed by atoms with Gasteiger partial charge in [0.15, 0.2) is 0 Å². The predicted molar refractivity (Wildman–Crippen MR) is 266 cm³/mol. The molecule has 3 atom stereocenters. The lowest BCUT2D eigenvalue weighted by molar-refractivity contribution is -0.134. The van der Waals surface area contributed by atoms with Gasteiger partial charge in [-0.25, -0.2) is 19.6 Å². The number of imidazole rings is 2. The van der Waals surface area contributed by atoms with Gasteiger partial charge >= 0.3 is 12.2 Å². The molecule has 2 aliphatic rings. The van der Waals surface area contributed by atoms with Crippen molar-refractivity contribution in [2.75, 3.05) is 46.6 Å². The summed E-state index contributed by atoms with van der Waals surface area (Å²) in [6.45, 7) is 13.8. The second-order valence-corrected chi connectivity index (χ2v) is 16.5. The number of carbonyl (C=O) groups is 4. The molecule has 7 rings (SSSR count). The average Bonchev–Trinajstić information content (AvgIpc) is 4.00. The number of nitrogens with zero attached hydrogens (tertiary/aromatic N) is 4. The van der Waals surface area contributed by atoms with Crippen molar-refractivity contribution in [3.63, 3.8) is 0 Å². The molecule has 2 fully saturated rings. The molecule has 14 nitrogen and oxygen atoms in total. The first-order chi connectivity index (χ1) is 31.6. The Labute approximate surface area is 387 Å². The number of amides is 4. The molecule has 0 spiro atoms. The van der Waals surface area contributed by atoms with E-state index in [4.69, 9.17) is 4.98 Å². The van der Waals surface area contributed by atoms with Gasteiger partial charge in [0.05, 0.1) is 49.7 Å². The molecule has 5 aromatic rings. The van der Waals surface area contributed by atoms with Crippen LogP contribution in [-0.4, -0.2) is 106 Å². The van der Waals surface area contributed by atoms with E-state index in [1.807, 2.05) is 19.9 Å². The summed E-state index contributed by atoms with van der Waals surface area (Å²) >= 11 is 0. The van der Waals surface area contributed by atoms with Crippen LogP contribution in [0.1, 0.15) is 97.8 Å². The number of aromatic nitrogens is 4. The second kappa shape index (κ2) is 29.9. The molecule has 3 aromatic carbocycles. The van der Waals surface area contributed by atoms with Gasteiger partial charge in [-0.3, -0.25) is 9.59 Å². The van der Waals surface area contributed by atoms with E-state index in [-0.39, 0.29) is 30.9 Å². The summed E-state index contributed by atoms with van der Waals surface area (Å²) in [5.41, 5.74) is 6.15. The van der Waals surface area contributed by atoms with Crippen molar-refractivity contribution in [2.24, 2.45) is 0 Å². The minimum atomic E-state index is -0.634. The van der Waals surface area contributed by atoms with Gasteiger partial charge in [-0.2, -0.15) is 0 Å². The maximum atomic E-state index is 13.0. The van der Waals surface area contributed by atoms with E-state index in [2.05, 4.69) is 137 Å². The van der Waals surface area contributed by atoms with E-state index in [1.54, 1.807) is 16.0 Å². The number of piperidine rings is 1. The summed E-state index contributed by atoms with van der Waals surface area (Å²) in [6, 6.07) is 18.6. The number of ether oxygens (including phenoxy) is 2. The number of terminal acetylenes is 2. The zero-order valence-corrected chi connectivity index (χ0v) is 40.5. The van der Waals surface area contributed by atoms with E-state index in [9.17, 15) is 19.2 Å². The molecule has 0 aliphatic carbocycles. The summed E-state index contributed by atoms with van der Waals surface area (Å²) in [7, 11) is 3.39. The monoisotopic (exact) mass is 909 g/mol. The fourth-order valence-electron chi connectivity index (χ4n) is 6.92. The van der Waals surface area contributed by atoms with Gasteiger partial charge in [0.25, 0.3) is 0 Å². The van der Waals surface area contributed by atoms with E-state index in [0.29, 0.717) is 31.1 Å². The summed E-state index contributed by atoms with van der Waals surface area (Å²) in [5.74, 6) is 1.08.